The minimum absolute atomic E-state index is 0.151. The maximum atomic E-state index is 11.0. The van der Waals surface area contributed by atoms with Crippen LogP contribution in [0.2, 0.25) is 0 Å². The Hall–Kier alpha value is -0.560. The van der Waals surface area contributed by atoms with Gasteiger partial charge in [0.05, 0.1) is 18.8 Å². The van der Waals surface area contributed by atoms with Crippen molar-refractivity contribution in [2.45, 2.75) is 99.0 Å². The second-order valence-corrected chi connectivity index (χ2v) is 9.10. The second kappa shape index (κ2) is 11.0. The molecule has 15 atom stereocenters. The van der Waals surface area contributed by atoms with Gasteiger partial charge in [-0.05, 0) is 12.3 Å². The standard InChI is InChI=1S/C19H37N3O11/c1-5-2-6(21)17(33-19-14(28)13(27)11(25)7(3-20)30-19)15(29)16(5)32-18-12(26)9(22)10(24)8(4-23)31-18/h5-19,23-29H,2-4,20-22H2,1H3/t5-,6?,7?,8+,9?,10-,11+,12-,13?,14-,15?,16+,17+,18?,19+/m0/s1. The molecular weight excluding hydrogens is 446 g/mol. The Labute approximate surface area is 190 Å². The molecular formula is C19H37N3O11. The predicted octanol–water partition coefficient (Wildman–Crippen LogP) is -5.98. The van der Waals surface area contributed by atoms with Crippen LogP contribution >= 0.6 is 0 Å². The molecule has 0 aromatic rings. The maximum Gasteiger partial charge on any atom is 0.187 e. The summed E-state index contributed by atoms with van der Waals surface area (Å²) in [6.45, 7) is 1.05. The van der Waals surface area contributed by atoms with Gasteiger partial charge in [-0.1, -0.05) is 6.92 Å². The van der Waals surface area contributed by atoms with Crippen molar-refractivity contribution >= 4 is 0 Å². The predicted molar refractivity (Wildman–Crippen MR) is 109 cm³/mol. The second-order valence-electron chi connectivity index (χ2n) is 9.10. The molecule has 2 heterocycles. The fourth-order valence-corrected chi connectivity index (χ4v) is 4.63. The molecule has 3 rings (SSSR count). The van der Waals surface area contributed by atoms with Gasteiger partial charge in [0, 0.05) is 12.6 Å². The van der Waals surface area contributed by atoms with Gasteiger partial charge in [-0.2, -0.15) is 0 Å². The van der Waals surface area contributed by atoms with E-state index in [2.05, 4.69) is 0 Å². The van der Waals surface area contributed by atoms with E-state index < -0.39 is 92.3 Å². The van der Waals surface area contributed by atoms with Crippen molar-refractivity contribution in [3.8, 4) is 0 Å². The van der Waals surface area contributed by atoms with Crippen LogP contribution in [0.5, 0.6) is 0 Å². The zero-order valence-corrected chi connectivity index (χ0v) is 18.3. The molecule has 0 radical (unpaired) electrons. The molecule has 6 unspecified atom stereocenters. The summed E-state index contributed by atoms with van der Waals surface area (Å²) in [5, 5.41) is 71.1. The lowest BCUT2D eigenvalue weighted by Gasteiger charge is -2.48. The van der Waals surface area contributed by atoms with Gasteiger partial charge < -0.3 is 71.9 Å². The Bertz CT molecular complexity index is 582. The first-order valence-electron chi connectivity index (χ1n) is 11.0. The fraction of sp³-hybridized carbons (Fsp3) is 1.00. The molecule has 194 valence electrons. The van der Waals surface area contributed by atoms with Crippen LogP contribution in [0.1, 0.15) is 13.3 Å². The summed E-state index contributed by atoms with van der Waals surface area (Å²) in [6.07, 6.45) is -15.5. The summed E-state index contributed by atoms with van der Waals surface area (Å²) < 4.78 is 22.5. The van der Waals surface area contributed by atoms with Crippen LogP contribution in [0.4, 0.5) is 0 Å². The Kier molecular flexibility index (Phi) is 9.02. The third-order valence-electron chi connectivity index (χ3n) is 6.72. The van der Waals surface area contributed by atoms with E-state index in [0.29, 0.717) is 6.42 Å². The van der Waals surface area contributed by atoms with Crippen LogP contribution in [0, 0.1) is 5.92 Å². The van der Waals surface area contributed by atoms with Gasteiger partial charge in [-0.25, -0.2) is 0 Å². The largest absolute Gasteiger partial charge is 0.394 e. The Morgan fingerprint density at radius 1 is 0.758 bits per heavy atom. The summed E-state index contributed by atoms with van der Waals surface area (Å²) in [7, 11) is 0. The third kappa shape index (κ3) is 5.34. The lowest BCUT2D eigenvalue weighted by molar-refractivity contribution is -0.334. The number of aliphatic hydroxyl groups is 7. The van der Waals surface area contributed by atoms with Crippen LogP contribution in [-0.4, -0.2) is 135 Å². The van der Waals surface area contributed by atoms with E-state index in [-0.39, 0.29) is 12.5 Å². The van der Waals surface area contributed by atoms with E-state index in [9.17, 15) is 35.7 Å². The number of ether oxygens (including phenoxy) is 4. The number of aliphatic hydroxyl groups excluding tert-OH is 7. The maximum absolute atomic E-state index is 11.0. The summed E-state index contributed by atoms with van der Waals surface area (Å²) in [4.78, 5) is 0. The lowest BCUT2D eigenvalue weighted by Crippen LogP contribution is -2.66. The SMILES string of the molecule is C[C@H]1CC(N)[C@@H](O[C@H]2OC(CN)[C@@H](O)C(O)[C@@H]2O)C(O)[C@@H]1OC1O[C@H](CO)[C@H](O)C(N)[C@@H]1O. The zero-order chi connectivity index (χ0) is 24.6. The fourth-order valence-electron chi connectivity index (χ4n) is 4.63. The molecule has 3 aliphatic rings. The molecule has 0 bridgehead atoms. The van der Waals surface area contributed by atoms with Gasteiger partial charge in [-0.3, -0.25) is 0 Å². The first-order chi connectivity index (χ1) is 15.5. The summed E-state index contributed by atoms with van der Waals surface area (Å²) in [6, 6.07) is -1.87. The molecule has 13 N–H and O–H groups in total. The van der Waals surface area contributed by atoms with Gasteiger partial charge in [0.2, 0.25) is 0 Å². The molecule has 0 aromatic carbocycles. The monoisotopic (exact) mass is 483 g/mol. The van der Waals surface area contributed by atoms with Gasteiger partial charge in [-0.15, -0.1) is 0 Å². The molecule has 0 aromatic heterocycles. The highest BCUT2D eigenvalue weighted by Crippen LogP contribution is 2.34. The highest BCUT2D eigenvalue weighted by molar-refractivity contribution is 4.99. The van der Waals surface area contributed by atoms with E-state index >= 15 is 0 Å². The highest BCUT2D eigenvalue weighted by Gasteiger charge is 2.51. The number of hydrogen-bond acceptors (Lipinski definition) is 14. The van der Waals surface area contributed by atoms with Crippen LogP contribution in [0.3, 0.4) is 0 Å². The molecule has 3 fully saturated rings. The van der Waals surface area contributed by atoms with E-state index in [1.165, 1.54) is 0 Å². The molecule has 0 spiro atoms. The Balaban J connectivity index is 1.72. The normalized spacial score (nSPS) is 53.7. The molecule has 33 heavy (non-hydrogen) atoms. The lowest BCUT2D eigenvalue weighted by atomic mass is 9.80. The number of rotatable bonds is 6. The molecule has 14 heteroatoms. The van der Waals surface area contributed by atoms with Crippen molar-refractivity contribution in [1.82, 2.24) is 0 Å². The van der Waals surface area contributed by atoms with Crippen molar-refractivity contribution in [3.05, 3.63) is 0 Å². The van der Waals surface area contributed by atoms with E-state index in [4.69, 9.17) is 36.1 Å². The van der Waals surface area contributed by atoms with Gasteiger partial charge in [0.25, 0.3) is 0 Å². The third-order valence-corrected chi connectivity index (χ3v) is 6.72. The zero-order valence-electron chi connectivity index (χ0n) is 18.3. The van der Waals surface area contributed by atoms with Crippen molar-refractivity contribution in [1.29, 1.82) is 0 Å². The van der Waals surface area contributed by atoms with Gasteiger partial charge in [0.15, 0.2) is 12.6 Å². The van der Waals surface area contributed by atoms with Gasteiger partial charge in [0.1, 0.15) is 54.9 Å². The topological polar surface area (TPSA) is 257 Å². The molecule has 1 aliphatic carbocycles. The highest BCUT2D eigenvalue weighted by atomic mass is 16.7. The smallest absolute Gasteiger partial charge is 0.187 e. The summed E-state index contributed by atoms with van der Waals surface area (Å²) in [5.41, 5.74) is 17.5. The quantitative estimate of drug-likeness (QED) is 0.169. The van der Waals surface area contributed by atoms with Crippen molar-refractivity contribution in [3.63, 3.8) is 0 Å². The van der Waals surface area contributed by atoms with E-state index in [1.54, 1.807) is 6.92 Å². The molecule has 1 saturated carbocycles. The van der Waals surface area contributed by atoms with Crippen molar-refractivity contribution in [2.75, 3.05) is 13.2 Å². The van der Waals surface area contributed by atoms with Crippen LogP contribution < -0.4 is 17.2 Å². The average Bonchev–Trinajstić information content (AvgIpc) is 2.79. The first-order valence-corrected chi connectivity index (χ1v) is 11.0. The molecule has 2 saturated heterocycles. The summed E-state index contributed by atoms with van der Waals surface area (Å²) in [5.74, 6) is -0.331. The van der Waals surface area contributed by atoms with Crippen LogP contribution in [0.15, 0.2) is 0 Å². The first kappa shape index (κ1) is 27.0. The minimum atomic E-state index is -1.63. The van der Waals surface area contributed by atoms with E-state index in [1.807, 2.05) is 0 Å². The number of hydrogen-bond donors (Lipinski definition) is 10. The molecule has 14 nitrogen and oxygen atoms in total. The average molecular weight is 484 g/mol. The van der Waals surface area contributed by atoms with Crippen LogP contribution in [0.25, 0.3) is 0 Å². The number of nitrogens with two attached hydrogens (primary N) is 3. The molecule has 2 aliphatic heterocycles. The Morgan fingerprint density at radius 2 is 1.33 bits per heavy atom. The molecule has 0 amide bonds. The van der Waals surface area contributed by atoms with Crippen molar-refractivity contribution < 1.29 is 54.7 Å². The van der Waals surface area contributed by atoms with Crippen molar-refractivity contribution in [2.24, 2.45) is 23.1 Å². The van der Waals surface area contributed by atoms with E-state index in [0.717, 1.165) is 0 Å². The van der Waals surface area contributed by atoms with Crippen LogP contribution in [-0.2, 0) is 18.9 Å². The minimum Gasteiger partial charge on any atom is -0.394 e. The Morgan fingerprint density at radius 3 is 1.94 bits per heavy atom. The summed E-state index contributed by atoms with van der Waals surface area (Å²) >= 11 is 0. The van der Waals surface area contributed by atoms with Gasteiger partial charge >= 0.3 is 0 Å².